The fraction of sp³-hybridized carbons (Fsp3) is 0.591. The highest BCUT2D eigenvalue weighted by molar-refractivity contribution is 7.17. The van der Waals surface area contributed by atoms with Crippen LogP contribution in [0.3, 0.4) is 0 Å². The molecule has 158 valence electrons. The number of allylic oxidation sites excluding steroid dienone is 2. The quantitative estimate of drug-likeness (QED) is 0.538. The predicted octanol–water partition coefficient (Wildman–Crippen LogP) is 4.58. The van der Waals surface area contributed by atoms with Gasteiger partial charge in [0.25, 0.3) is 0 Å². The lowest BCUT2D eigenvalue weighted by atomic mass is 9.76. The van der Waals surface area contributed by atoms with Crippen molar-refractivity contribution < 1.29 is 24.2 Å². The summed E-state index contributed by atoms with van der Waals surface area (Å²) in [7, 11) is 0. The molecule has 1 aromatic rings. The van der Waals surface area contributed by atoms with Gasteiger partial charge in [-0.1, -0.05) is 11.1 Å². The maximum atomic E-state index is 13.1. The molecule has 0 unspecified atom stereocenters. The van der Waals surface area contributed by atoms with E-state index in [0.29, 0.717) is 23.4 Å². The molecule has 0 fully saturated rings. The van der Waals surface area contributed by atoms with Crippen molar-refractivity contribution in [3.63, 3.8) is 0 Å². The molecule has 7 heteroatoms. The van der Waals surface area contributed by atoms with Gasteiger partial charge in [0.05, 0.1) is 23.5 Å². The second-order valence-electron chi connectivity index (χ2n) is 8.38. The van der Waals surface area contributed by atoms with Crippen molar-refractivity contribution in [2.24, 2.45) is 11.8 Å². The van der Waals surface area contributed by atoms with Crippen LogP contribution in [0, 0.1) is 11.8 Å². The number of thiophene rings is 1. The van der Waals surface area contributed by atoms with Crippen LogP contribution in [0.2, 0.25) is 0 Å². The molecule has 2 N–H and O–H groups in total. The average Bonchev–Trinajstić information content (AvgIpc) is 3.00. The topological polar surface area (TPSA) is 92.7 Å². The van der Waals surface area contributed by atoms with Crippen molar-refractivity contribution in [2.75, 3.05) is 5.32 Å². The molecule has 1 aromatic heterocycles. The van der Waals surface area contributed by atoms with Crippen LogP contribution >= 0.6 is 11.3 Å². The van der Waals surface area contributed by atoms with Gasteiger partial charge in [-0.2, -0.15) is 0 Å². The molecule has 2 aliphatic rings. The summed E-state index contributed by atoms with van der Waals surface area (Å²) < 4.78 is 5.43. The monoisotopic (exact) mass is 419 g/mol. The number of hydrogen-bond donors (Lipinski definition) is 2. The minimum Gasteiger partial charge on any atom is -0.481 e. The molecule has 2 aliphatic carbocycles. The van der Waals surface area contributed by atoms with E-state index in [1.165, 1.54) is 11.3 Å². The van der Waals surface area contributed by atoms with Gasteiger partial charge in [0.1, 0.15) is 5.00 Å². The van der Waals surface area contributed by atoms with E-state index in [-0.39, 0.29) is 12.0 Å². The van der Waals surface area contributed by atoms with Crippen molar-refractivity contribution in [1.29, 1.82) is 0 Å². The van der Waals surface area contributed by atoms with Gasteiger partial charge in [-0.25, -0.2) is 4.79 Å². The van der Waals surface area contributed by atoms with Crippen LogP contribution in [0.15, 0.2) is 11.1 Å². The van der Waals surface area contributed by atoms with Crippen molar-refractivity contribution in [1.82, 2.24) is 0 Å². The number of carbonyl (C=O) groups excluding carboxylic acids is 2. The summed E-state index contributed by atoms with van der Waals surface area (Å²) in [6.07, 6.45) is 4.30. The molecular weight excluding hydrogens is 390 g/mol. The number of fused-ring (bicyclic) bond motifs is 1. The number of amides is 1. The number of aryl methyl sites for hydroxylation is 1. The standard InChI is InChI=1S/C22H29NO5S/c1-11(2)28-22(27)18-14-7-5-6-8-17(14)29-20(18)23-19(24)15-9-12(3)13(4)10-16(15)21(25)26/h11,15-16H,5-10H2,1-4H3,(H,23,24)(H,25,26)/t15-,16+/m0/s1. The third-order valence-corrected chi connectivity index (χ3v) is 7.08. The van der Waals surface area contributed by atoms with Crippen LogP contribution in [-0.2, 0) is 27.2 Å². The number of carbonyl (C=O) groups is 3. The fourth-order valence-corrected chi connectivity index (χ4v) is 5.46. The van der Waals surface area contributed by atoms with E-state index in [1.54, 1.807) is 13.8 Å². The Morgan fingerprint density at radius 1 is 1.07 bits per heavy atom. The summed E-state index contributed by atoms with van der Waals surface area (Å²) in [5.41, 5.74) is 3.53. The summed E-state index contributed by atoms with van der Waals surface area (Å²) in [5.74, 6) is -3.10. The Balaban J connectivity index is 1.91. The van der Waals surface area contributed by atoms with Crippen LogP contribution in [-0.4, -0.2) is 29.1 Å². The zero-order chi connectivity index (χ0) is 21.3. The normalized spacial score (nSPS) is 21.7. The summed E-state index contributed by atoms with van der Waals surface area (Å²) in [6.45, 7) is 7.47. The second-order valence-corrected chi connectivity index (χ2v) is 9.48. The Kier molecular flexibility index (Phi) is 6.46. The van der Waals surface area contributed by atoms with Crippen molar-refractivity contribution >= 4 is 34.2 Å². The third kappa shape index (κ3) is 4.55. The third-order valence-electron chi connectivity index (χ3n) is 5.88. The molecule has 3 rings (SSSR count). The van der Waals surface area contributed by atoms with Gasteiger partial charge in [0.15, 0.2) is 0 Å². The molecule has 0 aliphatic heterocycles. The maximum Gasteiger partial charge on any atom is 0.341 e. The molecule has 0 spiro atoms. The van der Waals surface area contributed by atoms with Crippen LogP contribution in [0.25, 0.3) is 0 Å². The summed E-state index contributed by atoms with van der Waals surface area (Å²) in [6, 6.07) is 0. The van der Waals surface area contributed by atoms with Crippen molar-refractivity contribution in [3.8, 4) is 0 Å². The number of aliphatic carboxylic acids is 1. The predicted molar refractivity (Wildman–Crippen MR) is 112 cm³/mol. The van der Waals surface area contributed by atoms with Crippen LogP contribution in [0.5, 0.6) is 0 Å². The largest absolute Gasteiger partial charge is 0.481 e. The first-order valence-electron chi connectivity index (χ1n) is 10.2. The van der Waals surface area contributed by atoms with E-state index < -0.39 is 23.8 Å². The number of anilines is 1. The Bertz CT molecular complexity index is 867. The molecule has 1 amide bonds. The van der Waals surface area contributed by atoms with Gasteiger partial charge in [0.2, 0.25) is 5.91 Å². The fourth-order valence-electron chi connectivity index (χ4n) is 4.18. The molecule has 0 saturated heterocycles. The highest BCUT2D eigenvalue weighted by atomic mass is 32.1. The average molecular weight is 420 g/mol. The van der Waals surface area contributed by atoms with Crippen LogP contribution in [0.4, 0.5) is 5.00 Å². The Hall–Kier alpha value is -2.15. The molecule has 6 nitrogen and oxygen atoms in total. The Morgan fingerprint density at radius 2 is 1.69 bits per heavy atom. The maximum absolute atomic E-state index is 13.1. The number of esters is 1. The minimum absolute atomic E-state index is 0.254. The van der Waals surface area contributed by atoms with Gasteiger partial charge in [0, 0.05) is 4.88 Å². The minimum atomic E-state index is -0.957. The lowest BCUT2D eigenvalue weighted by Crippen LogP contribution is -2.36. The van der Waals surface area contributed by atoms with E-state index in [4.69, 9.17) is 4.74 Å². The molecule has 29 heavy (non-hydrogen) atoms. The van der Waals surface area contributed by atoms with E-state index >= 15 is 0 Å². The van der Waals surface area contributed by atoms with Gasteiger partial charge in [-0.15, -0.1) is 11.3 Å². The number of hydrogen-bond acceptors (Lipinski definition) is 5. The molecular formula is C22H29NO5S. The van der Waals surface area contributed by atoms with Crippen molar-refractivity contribution in [3.05, 3.63) is 27.2 Å². The number of carboxylic acid groups (broad SMARTS) is 1. The smallest absolute Gasteiger partial charge is 0.341 e. The highest BCUT2D eigenvalue weighted by Gasteiger charge is 2.38. The number of carboxylic acids is 1. The zero-order valence-corrected chi connectivity index (χ0v) is 18.3. The lowest BCUT2D eigenvalue weighted by molar-refractivity contribution is -0.146. The second kappa shape index (κ2) is 8.69. The number of nitrogens with one attached hydrogen (secondary N) is 1. The van der Waals surface area contributed by atoms with E-state index in [0.717, 1.165) is 47.3 Å². The first-order chi connectivity index (χ1) is 13.7. The summed E-state index contributed by atoms with van der Waals surface area (Å²) in [4.78, 5) is 38.7. The van der Waals surface area contributed by atoms with Gasteiger partial charge in [-0.05, 0) is 71.8 Å². The Labute approximate surface area is 175 Å². The van der Waals surface area contributed by atoms with E-state index in [9.17, 15) is 19.5 Å². The molecule has 1 heterocycles. The molecule has 0 radical (unpaired) electrons. The summed E-state index contributed by atoms with van der Waals surface area (Å²) in [5, 5.41) is 13.0. The zero-order valence-electron chi connectivity index (χ0n) is 17.5. The first-order valence-corrected chi connectivity index (χ1v) is 11.0. The molecule has 2 atom stereocenters. The summed E-state index contributed by atoms with van der Waals surface area (Å²) >= 11 is 1.43. The van der Waals surface area contributed by atoms with Gasteiger partial charge >= 0.3 is 11.9 Å². The lowest BCUT2D eigenvalue weighted by Gasteiger charge is -2.29. The van der Waals surface area contributed by atoms with Crippen LogP contribution < -0.4 is 5.32 Å². The van der Waals surface area contributed by atoms with Gasteiger partial charge < -0.3 is 15.2 Å². The SMILES string of the molecule is CC1=C(C)C[C@@H](C(=O)O)[C@@H](C(=O)Nc2sc3c(c2C(=O)OC(C)C)CCCC3)C1. The molecule has 0 saturated carbocycles. The van der Waals surface area contributed by atoms with Crippen molar-refractivity contribution in [2.45, 2.75) is 72.3 Å². The number of rotatable bonds is 5. The van der Waals surface area contributed by atoms with E-state index in [1.807, 2.05) is 13.8 Å². The van der Waals surface area contributed by atoms with Crippen LogP contribution in [0.1, 0.15) is 74.2 Å². The first kappa shape index (κ1) is 21.6. The van der Waals surface area contributed by atoms with E-state index in [2.05, 4.69) is 5.32 Å². The number of ether oxygens (including phenoxy) is 1. The highest BCUT2D eigenvalue weighted by Crippen LogP contribution is 2.40. The Morgan fingerprint density at radius 3 is 2.31 bits per heavy atom. The molecule has 0 bridgehead atoms. The molecule has 0 aromatic carbocycles. The van der Waals surface area contributed by atoms with Gasteiger partial charge in [-0.3, -0.25) is 9.59 Å².